The van der Waals surface area contributed by atoms with Crippen molar-refractivity contribution in [3.63, 3.8) is 0 Å². The first-order valence-corrected chi connectivity index (χ1v) is 10.2. The molecule has 2 aromatic carbocycles. The van der Waals surface area contributed by atoms with Crippen LogP contribution in [0.2, 0.25) is 0 Å². The normalized spacial score (nSPS) is 19.0. The molecule has 0 radical (unpaired) electrons. The molecule has 1 aliphatic carbocycles. The lowest BCUT2D eigenvalue weighted by Crippen LogP contribution is -2.40. The molecule has 0 atom stereocenters. The molecule has 0 aliphatic heterocycles. The van der Waals surface area contributed by atoms with Gasteiger partial charge in [0.1, 0.15) is 17.3 Å². The summed E-state index contributed by atoms with van der Waals surface area (Å²) in [6.07, 6.45) is -2.17. The van der Waals surface area contributed by atoms with E-state index in [1.54, 1.807) is 0 Å². The van der Waals surface area contributed by atoms with Crippen LogP contribution in [0, 0.1) is 11.6 Å². The SMILES string of the molecule is O=C(NC1CCC(Nc2cc(C(F)(F)F)nc3ccc(F)cc23)CC1)c1ccc(F)cc1. The van der Waals surface area contributed by atoms with Gasteiger partial charge in [-0.3, -0.25) is 4.79 Å². The van der Waals surface area contributed by atoms with E-state index in [0.717, 1.165) is 12.1 Å². The number of aromatic nitrogens is 1. The van der Waals surface area contributed by atoms with Crippen molar-refractivity contribution in [1.82, 2.24) is 10.3 Å². The van der Waals surface area contributed by atoms with Gasteiger partial charge in [-0.05, 0) is 74.2 Å². The third-order valence-corrected chi connectivity index (χ3v) is 5.59. The van der Waals surface area contributed by atoms with Crippen LogP contribution in [0.1, 0.15) is 41.7 Å². The Morgan fingerprint density at radius 1 is 0.875 bits per heavy atom. The fourth-order valence-corrected chi connectivity index (χ4v) is 3.93. The summed E-state index contributed by atoms with van der Waals surface area (Å²) in [7, 11) is 0. The first-order valence-electron chi connectivity index (χ1n) is 10.2. The number of benzene rings is 2. The van der Waals surface area contributed by atoms with Crippen molar-refractivity contribution < 1.29 is 26.7 Å². The zero-order chi connectivity index (χ0) is 22.9. The first kappa shape index (κ1) is 22.0. The minimum atomic E-state index is -4.62. The molecule has 1 aliphatic rings. The molecule has 168 valence electrons. The number of carbonyl (C=O) groups is 1. The Balaban J connectivity index is 1.44. The number of halogens is 5. The zero-order valence-corrected chi connectivity index (χ0v) is 16.8. The van der Waals surface area contributed by atoms with E-state index in [2.05, 4.69) is 15.6 Å². The van der Waals surface area contributed by atoms with Crippen LogP contribution < -0.4 is 10.6 Å². The third kappa shape index (κ3) is 4.98. The Morgan fingerprint density at radius 2 is 1.50 bits per heavy atom. The van der Waals surface area contributed by atoms with Gasteiger partial charge in [0.2, 0.25) is 0 Å². The van der Waals surface area contributed by atoms with Gasteiger partial charge in [-0.15, -0.1) is 0 Å². The van der Waals surface area contributed by atoms with Crippen LogP contribution in [0.4, 0.5) is 27.6 Å². The van der Waals surface area contributed by atoms with Crippen LogP contribution in [-0.2, 0) is 6.18 Å². The highest BCUT2D eigenvalue weighted by Gasteiger charge is 2.34. The molecular formula is C23H20F5N3O. The molecule has 2 N–H and O–H groups in total. The molecule has 0 saturated heterocycles. The van der Waals surface area contributed by atoms with Gasteiger partial charge >= 0.3 is 6.18 Å². The Kier molecular flexibility index (Phi) is 5.99. The predicted octanol–water partition coefficient (Wildman–Crippen LogP) is 5.68. The van der Waals surface area contributed by atoms with Gasteiger partial charge in [0, 0.05) is 28.7 Å². The second-order valence-corrected chi connectivity index (χ2v) is 7.89. The van der Waals surface area contributed by atoms with Crippen LogP contribution in [0.15, 0.2) is 48.5 Å². The maximum atomic E-state index is 13.7. The molecule has 4 rings (SSSR count). The number of carbonyl (C=O) groups excluding carboxylic acids is 1. The molecule has 1 saturated carbocycles. The molecule has 4 nitrogen and oxygen atoms in total. The lowest BCUT2D eigenvalue weighted by molar-refractivity contribution is -0.140. The monoisotopic (exact) mass is 449 g/mol. The van der Waals surface area contributed by atoms with Crippen molar-refractivity contribution in [2.75, 3.05) is 5.32 Å². The number of hydrogen-bond donors (Lipinski definition) is 2. The van der Waals surface area contributed by atoms with Crippen molar-refractivity contribution in [2.45, 2.75) is 43.9 Å². The highest BCUT2D eigenvalue weighted by Crippen LogP contribution is 2.34. The molecule has 32 heavy (non-hydrogen) atoms. The van der Waals surface area contributed by atoms with E-state index >= 15 is 0 Å². The quantitative estimate of drug-likeness (QED) is 0.504. The summed E-state index contributed by atoms with van der Waals surface area (Å²) in [5.41, 5.74) is -0.444. The van der Waals surface area contributed by atoms with Crippen LogP contribution in [0.25, 0.3) is 10.9 Å². The second kappa shape index (κ2) is 8.72. The maximum Gasteiger partial charge on any atom is 0.433 e. The standard InChI is InChI=1S/C23H20F5N3O/c24-14-3-1-13(2-4-14)22(32)30-17-8-6-16(7-9-17)29-20-12-21(23(26,27)28)31-19-10-5-15(25)11-18(19)20/h1-5,10-12,16-17H,6-9H2,(H,29,31)(H,30,32). The lowest BCUT2D eigenvalue weighted by atomic mass is 9.90. The minimum absolute atomic E-state index is 0.0592. The van der Waals surface area contributed by atoms with E-state index in [9.17, 15) is 26.7 Å². The number of nitrogens with one attached hydrogen (secondary N) is 2. The van der Waals surface area contributed by atoms with Crippen molar-refractivity contribution in [3.05, 3.63) is 71.4 Å². The average Bonchev–Trinajstić information content (AvgIpc) is 2.75. The summed E-state index contributed by atoms with van der Waals surface area (Å²) in [5, 5.41) is 6.30. The molecule has 1 fully saturated rings. The molecule has 1 amide bonds. The van der Waals surface area contributed by atoms with Crippen LogP contribution >= 0.6 is 0 Å². The summed E-state index contributed by atoms with van der Waals surface area (Å²) in [4.78, 5) is 15.9. The number of hydrogen-bond acceptors (Lipinski definition) is 3. The van der Waals surface area contributed by atoms with Crippen molar-refractivity contribution in [1.29, 1.82) is 0 Å². The minimum Gasteiger partial charge on any atom is -0.382 e. The summed E-state index contributed by atoms with van der Waals surface area (Å²) in [6, 6.07) is 9.39. The molecule has 1 aromatic heterocycles. The molecule has 0 bridgehead atoms. The van der Waals surface area contributed by atoms with Gasteiger partial charge in [0.05, 0.1) is 5.52 Å². The van der Waals surface area contributed by atoms with E-state index in [1.165, 1.54) is 36.4 Å². The number of rotatable bonds is 4. The van der Waals surface area contributed by atoms with E-state index in [1.807, 2.05) is 0 Å². The predicted molar refractivity (Wildman–Crippen MR) is 110 cm³/mol. The molecule has 1 heterocycles. The molecule has 3 aromatic rings. The van der Waals surface area contributed by atoms with Gasteiger partial charge < -0.3 is 10.6 Å². The summed E-state index contributed by atoms with van der Waals surface area (Å²) in [5.74, 6) is -1.29. The Morgan fingerprint density at radius 3 is 2.16 bits per heavy atom. The van der Waals surface area contributed by atoms with E-state index in [-0.39, 0.29) is 34.6 Å². The number of amides is 1. The number of anilines is 1. The van der Waals surface area contributed by atoms with Crippen LogP contribution in [0.3, 0.4) is 0 Å². The first-order chi connectivity index (χ1) is 15.2. The largest absolute Gasteiger partial charge is 0.433 e. The number of fused-ring (bicyclic) bond motifs is 1. The van der Waals surface area contributed by atoms with Crippen LogP contribution in [0.5, 0.6) is 0 Å². The second-order valence-electron chi connectivity index (χ2n) is 7.89. The van der Waals surface area contributed by atoms with E-state index in [0.29, 0.717) is 31.2 Å². The Hall–Kier alpha value is -3.23. The Bertz CT molecular complexity index is 1120. The number of pyridine rings is 1. The van der Waals surface area contributed by atoms with Gasteiger partial charge in [0.25, 0.3) is 5.91 Å². The maximum absolute atomic E-state index is 13.7. The highest BCUT2D eigenvalue weighted by molar-refractivity contribution is 5.94. The topological polar surface area (TPSA) is 54.0 Å². The highest BCUT2D eigenvalue weighted by atomic mass is 19.4. The number of nitrogens with zero attached hydrogens (tertiary/aromatic N) is 1. The van der Waals surface area contributed by atoms with Crippen molar-refractivity contribution in [2.24, 2.45) is 0 Å². The Labute approximate surface area is 180 Å². The zero-order valence-electron chi connectivity index (χ0n) is 16.8. The van der Waals surface area contributed by atoms with Crippen LogP contribution in [-0.4, -0.2) is 23.0 Å². The molecule has 0 spiro atoms. The van der Waals surface area contributed by atoms with Gasteiger partial charge in [-0.1, -0.05) is 0 Å². The smallest absolute Gasteiger partial charge is 0.382 e. The molecule has 0 unspecified atom stereocenters. The molecular weight excluding hydrogens is 429 g/mol. The van der Waals surface area contributed by atoms with Gasteiger partial charge in [-0.25, -0.2) is 13.8 Å². The van der Waals surface area contributed by atoms with Crippen molar-refractivity contribution in [3.8, 4) is 0 Å². The van der Waals surface area contributed by atoms with Gasteiger partial charge in [-0.2, -0.15) is 13.2 Å². The fraction of sp³-hybridized carbons (Fsp3) is 0.304. The average molecular weight is 449 g/mol. The fourth-order valence-electron chi connectivity index (χ4n) is 3.93. The summed E-state index contributed by atoms with van der Waals surface area (Å²) < 4.78 is 66.5. The van der Waals surface area contributed by atoms with E-state index < -0.39 is 23.5 Å². The van der Waals surface area contributed by atoms with E-state index in [4.69, 9.17) is 0 Å². The summed E-state index contributed by atoms with van der Waals surface area (Å²) >= 11 is 0. The van der Waals surface area contributed by atoms with Crippen molar-refractivity contribution >= 4 is 22.5 Å². The summed E-state index contributed by atoms with van der Waals surface area (Å²) in [6.45, 7) is 0. The van der Waals surface area contributed by atoms with Gasteiger partial charge in [0.15, 0.2) is 0 Å². The lowest BCUT2D eigenvalue weighted by Gasteiger charge is -2.30. The third-order valence-electron chi connectivity index (χ3n) is 5.59. The number of alkyl halides is 3. The molecule has 9 heteroatoms.